The van der Waals surface area contributed by atoms with E-state index >= 15 is 0 Å². The first kappa shape index (κ1) is 16.0. The van der Waals surface area contributed by atoms with Crippen LogP contribution < -0.4 is 4.74 Å². The number of pyridine rings is 1. The maximum atomic E-state index is 13.5. The molecule has 0 bridgehead atoms. The highest BCUT2D eigenvalue weighted by molar-refractivity contribution is 5.92. The highest BCUT2D eigenvalue weighted by Crippen LogP contribution is 2.42. The number of hydrogen-bond donors (Lipinski definition) is 0. The second kappa shape index (κ2) is 6.44. The van der Waals surface area contributed by atoms with Crippen LogP contribution in [0.15, 0.2) is 35.4 Å². The van der Waals surface area contributed by atoms with Crippen molar-refractivity contribution in [3.63, 3.8) is 0 Å². The molecule has 2 saturated heterocycles. The fraction of sp³-hybridized carbons (Fsp3) is 0.471. The molecule has 2 aliphatic rings. The van der Waals surface area contributed by atoms with Gasteiger partial charge in [0.25, 0.3) is 5.91 Å². The third-order valence-electron chi connectivity index (χ3n) is 4.89. The SMILES string of the molecule is O=C(c1cocn1)N1CC2(C1)OCCC2CCOc1ncccc1F. The highest BCUT2D eigenvalue weighted by Gasteiger charge is 2.54. The van der Waals surface area contributed by atoms with Crippen molar-refractivity contribution < 1.29 is 23.1 Å². The van der Waals surface area contributed by atoms with Gasteiger partial charge in [-0.15, -0.1) is 0 Å². The molecule has 2 aliphatic heterocycles. The predicted octanol–water partition coefficient (Wildman–Crippen LogP) is 1.91. The van der Waals surface area contributed by atoms with Crippen molar-refractivity contribution in [2.24, 2.45) is 5.92 Å². The average molecular weight is 347 g/mol. The van der Waals surface area contributed by atoms with E-state index in [9.17, 15) is 9.18 Å². The number of carbonyl (C=O) groups is 1. The molecule has 0 aromatic carbocycles. The van der Waals surface area contributed by atoms with E-state index in [2.05, 4.69) is 9.97 Å². The van der Waals surface area contributed by atoms with Crippen molar-refractivity contribution in [2.75, 3.05) is 26.3 Å². The summed E-state index contributed by atoms with van der Waals surface area (Å²) in [7, 11) is 0. The Bertz CT molecular complexity index is 746. The molecule has 4 rings (SSSR count). The first-order valence-electron chi connectivity index (χ1n) is 8.23. The summed E-state index contributed by atoms with van der Waals surface area (Å²) in [5.41, 5.74) is -0.0239. The Morgan fingerprint density at radius 2 is 2.32 bits per heavy atom. The lowest BCUT2D eigenvalue weighted by molar-refractivity contribution is -0.119. The zero-order valence-corrected chi connectivity index (χ0v) is 13.6. The van der Waals surface area contributed by atoms with Crippen molar-refractivity contribution in [1.82, 2.24) is 14.9 Å². The molecule has 2 aromatic rings. The molecule has 1 spiro atoms. The Hall–Kier alpha value is -2.48. The van der Waals surface area contributed by atoms with Gasteiger partial charge in [-0.05, 0) is 30.9 Å². The molecule has 1 unspecified atom stereocenters. The van der Waals surface area contributed by atoms with Crippen LogP contribution in [-0.4, -0.2) is 52.7 Å². The third kappa shape index (κ3) is 2.97. The van der Waals surface area contributed by atoms with E-state index in [1.165, 1.54) is 31.0 Å². The lowest BCUT2D eigenvalue weighted by Gasteiger charge is -2.50. The number of likely N-dealkylation sites (tertiary alicyclic amines) is 1. The van der Waals surface area contributed by atoms with Gasteiger partial charge in [-0.2, -0.15) is 0 Å². The van der Waals surface area contributed by atoms with Crippen LogP contribution >= 0.6 is 0 Å². The second-order valence-electron chi connectivity index (χ2n) is 6.36. The molecule has 25 heavy (non-hydrogen) atoms. The minimum Gasteiger partial charge on any atom is -0.476 e. The van der Waals surface area contributed by atoms with Crippen LogP contribution in [0.25, 0.3) is 0 Å². The predicted molar refractivity (Wildman–Crippen MR) is 83.5 cm³/mol. The Labute approximate surface area is 143 Å². The van der Waals surface area contributed by atoms with Gasteiger partial charge in [-0.25, -0.2) is 14.4 Å². The lowest BCUT2D eigenvalue weighted by atomic mass is 9.79. The molecule has 8 heteroatoms. The molecular formula is C17H18FN3O4. The molecular weight excluding hydrogens is 329 g/mol. The molecule has 4 heterocycles. The van der Waals surface area contributed by atoms with Gasteiger partial charge >= 0.3 is 0 Å². The van der Waals surface area contributed by atoms with Gasteiger partial charge in [-0.3, -0.25) is 4.79 Å². The Morgan fingerprint density at radius 1 is 1.44 bits per heavy atom. The summed E-state index contributed by atoms with van der Waals surface area (Å²) in [5, 5.41) is 0. The number of oxazole rings is 1. The van der Waals surface area contributed by atoms with Crippen molar-refractivity contribution in [1.29, 1.82) is 0 Å². The quantitative estimate of drug-likeness (QED) is 0.822. The van der Waals surface area contributed by atoms with Crippen molar-refractivity contribution in [3.05, 3.63) is 42.5 Å². The summed E-state index contributed by atoms with van der Waals surface area (Å²) in [6.45, 7) is 2.08. The van der Waals surface area contributed by atoms with E-state index < -0.39 is 5.82 Å². The lowest BCUT2D eigenvalue weighted by Crippen LogP contribution is -2.66. The fourth-order valence-electron chi connectivity index (χ4n) is 3.54. The van der Waals surface area contributed by atoms with Gasteiger partial charge in [0, 0.05) is 12.8 Å². The van der Waals surface area contributed by atoms with E-state index in [0.717, 1.165) is 12.8 Å². The van der Waals surface area contributed by atoms with E-state index in [0.29, 0.717) is 32.0 Å². The molecule has 7 nitrogen and oxygen atoms in total. The molecule has 132 valence electrons. The monoisotopic (exact) mass is 347 g/mol. The number of amides is 1. The van der Waals surface area contributed by atoms with E-state index in [1.807, 2.05) is 0 Å². The number of rotatable bonds is 5. The van der Waals surface area contributed by atoms with Crippen LogP contribution in [0.1, 0.15) is 23.3 Å². The summed E-state index contributed by atoms with van der Waals surface area (Å²) in [5.74, 6) is -0.333. The third-order valence-corrected chi connectivity index (χ3v) is 4.89. The first-order valence-corrected chi connectivity index (χ1v) is 8.23. The van der Waals surface area contributed by atoms with E-state index in [1.54, 1.807) is 4.90 Å². The van der Waals surface area contributed by atoms with Crippen molar-refractivity contribution in [2.45, 2.75) is 18.4 Å². The molecule has 1 atom stereocenters. The van der Waals surface area contributed by atoms with Gasteiger partial charge in [0.15, 0.2) is 17.9 Å². The Morgan fingerprint density at radius 3 is 3.08 bits per heavy atom. The van der Waals surface area contributed by atoms with Gasteiger partial charge in [-0.1, -0.05) is 0 Å². The molecule has 2 aromatic heterocycles. The van der Waals surface area contributed by atoms with Crippen LogP contribution in [0.4, 0.5) is 4.39 Å². The number of nitrogens with zero attached hydrogens (tertiary/aromatic N) is 3. The highest BCUT2D eigenvalue weighted by atomic mass is 19.1. The number of hydrogen-bond acceptors (Lipinski definition) is 6. The summed E-state index contributed by atoms with van der Waals surface area (Å²) in [6.07, 6.45) is 5.71. The van der Waals surface area contributed by atoms with Gasteiger partial charge < -0.3 is 18.8 Å². The molecule has 0 N–H and O–H groups in total. The summed E-state index contributed by atoms with van der Waals surface area (Å²) in [4.78, 5) is 21.7. The van der Waals surface area contributed by atoms with Crippen LogP contribution in [0.3, 0.4) is 0 Å². The zero-order chi connectivity index (χ0) is 17.3. The van der Waals surface area contributed by atoms with Crippen molar-refractivity contribution in [3.8, 4) is 5.88 Å². The van der Waals surface area contributed by atoms with Gasteiger partial charge in [0.05, 0.1) is 19.7 Å². The standard InChI is InChI=1S/C17H18FN3O4/c18-13-2-1-5-19-15(13)24-6-3-12-4-7-25-17(12)9-21(10-17)16(22)14-8-23-11-20-14/h1-2,5,8,11-12H,3-4,6-7,9-10H2. The molecule has 0 saturated carbocycles. The second-order valence-corrected chi connectivity index (χ2v) is 6.36. The van der Waals surface area contributed by atoms with Crippen LogP contribution in [0, 0.1) is 11.7 Å². The fourth-order valence-corrected chi connectivity index (χ4v) is 3.54. The maximum absolute atomic E-state index is 13.5. The zero-order valence-electron chi connectivity index (χ0n) is 13.6. The molecule has 0 aliphatic carbocycles. The van der Waals surface area contributed by atoms with Crippen LogP contribution in [0.2, 0.25) is 0 Å². The largest absolute Gasteiger partial charge is 0.476 e. The Balaban J connectivity index is 1.31. The molecule has 2 fully saturated rings. The normalized spacial score (nSPS) is 21.3. The molecule has 1 amide bonds. The number of aromatic nitrogens is 2. The summed E-state index contributed by atoms with van der Waals surface area (Å²) in [6, 6.07) is 2.85. The van der Waals surface area contributed by atoms with Crippen LogP contribution in [-0.2, 0) is 4.74 Å². The first-order chi connectivity index (χ1) is 12.2. The number of halogens is 1. The van der Waals surface area contributed by atoms with Crippen molar-refractivity contribution >= 4 is 5.91 Å². The summed E-state index contributed by atoms with van der Waals surface area (Å²) < 4.78 is 29.8. The summed E-state index contributed by atoms with van der Waals surface area (Å²) >= 11 is 0. The number of carbonyl (C=O) groups excluding carboxylic acids is 1. The minimum absolute atomic E-state index is 0.0203. The van der Waals surface area contributed by atoms with Gasteiger partial charge in [0.1, 0.15) is 11.9 Å². The smallest absolute Gasteiger partial charge is 0.276 e. The molecule has 0 radical (unpaired) electrons. The maximum Gasteiger partial charge on any atom is 0.276 e. The topological polar surface area (TPSA) is 77.7 Å². The van der Waals surface area contributed by atoms with E-state index in [4.69, 9.17) is 13.9 Å². The minimum atomic E-state index is -0.465. The van der Waals surface area contributed by atoms with Crippen LogP contribution in [0.5, 0.6) is 5.88 Å². The van der Waals surface area contributed by atoms with Gasteiger partial charge in [0.2, 0.25) is 5.88 Å². The average Bonchev–Trinajstić information content (AvgIpc) is 3.24. The number of ether oxygens (including phenoxy) is 2. The van der Waals surface area contributed by atoms with E-state index in [-0.39, 0.29) is 23.3 Å². The Kier molecular flexibility index (Phi) is 4.12.